The Morgan fingerprint density at radius 2 is 1.92 bits per heavy atom. The second-order valence-electron chi connectivity index (χ2n) is 9.83. The predicted octanol–water partition coefficient (Wildman–Crippen LogP) is 6.01. The number of carbonyl (C=O) groups is 1. The summed E-state index contributed by atoms with van der Waals surface area (Å²) in [7, 11) is 0. The molecule has 1 N–H and O–H groups in total. The van der Waals surface area contributed by atoms with Crippen molar-refractivity contribution in [3.8, 4) is 16.9 Å². The second kappa shape index (κ2) is 12.1. The lowest BCUT2D eigenvalue weighted by Gasteiger charge is -2.23. The van der Waals surface area contributed by atoms with Crippen LogP contribution in [-0.4, -0.2) is 26.9 Å². The minimum absolute atomic E-state index is 0.0174. The summed E-state index contributed by atoms with van der Waals surface area (Å²) in [6.45, 7) is 7.42. The van der Waals surface area contributed by atoms with Crippen molar-refractivity contribution in [2.24, 2.45) is 0 Å². The van der Waals surface area contributed by atoms with Crippen molar-refractivity contribution in [2.75, 3.05) is 6.61 Å². The van der Waals surface area contributed by atoms with E-state index in [-0.39, 0.29) is 43.2 Å². The van der Waals surface area contributed by atoms with Gasteiger partial charge >= 0.3 is 5.97 Å². The van der Waals surface area contributed by atoms with E-state index in [9.17, 15) is 13.7 Å². The zero-order chi connectivity index (χ0) is 28.2. The van der Waals surface area contributed by atoms with Gasteiger partial charge in [0.2, 0.25) is 0 Å². The number of nitrogens with one attached hydrogen (secondary N) is 1. The number of halogens is 2. The maximum Gasteiger partial charge on any atom is 0.310 e. The van der Waals surface area contributed by atoms with E-state index in [1.807, 2.05) is 26.8 Å². The number of rotatable bonds is 10. The molecule has 2 heterocycles. The third-order valence-corrected chi connectivity index (χ3v) is 7.37. The molecule has 10 heteroatoms. The first-order valence-corrected chi connectivity index (χ1v) is 13.6. The monoisotopic (exact) mass is 556 g/mol. The van der Waals surface area contributed by atoms with Gasteiger partial charge in [0.05, 0.1) is 31.5 Å². The van der Waals surface area contributed by atoms with Crippen molar-refractivity contribution >= 4 is 28.3 Å². The lowest BCUT2D eigenvalue weighted by atomic mass is 10.00. The number of hydrogen-bond acceptors (Lipinski definition) is 7. The Morgan fingerprint density at radius 1 is 1.13 bits per heavy atom. The zero-order valence-electron chi connectivity index (χ0n) is 22.2. The van der Waals surface area contributed by atoms with Crippen LogP contribution in [-0.2, 0) is 40.5 Å². The van der Waals surface area contributed by atoms with Crippen LogP contribution < -0.4 is 9.46 Å². The van der Waals surface area contributed by atoms with Crippen LogP contribution >= 0.6 is 0 Å². The molecule has 0 radical (unpaired) electrons. The summed E-state index contributed by atoms with van der Waals surface area (Å²) < 4.78 is 60.9. The van der Waals surface area contributed by atoms with Gasteiger partial charge in [-0.15, -0.1) is 4.72 Å². The van der Waals surface area contributed by atoms with Gasteiger partial charge in [-0.3, -0.25) is 9.78 Å². The predicted molar refractivity (Wildman–Crippen MR) is 145 cm³/mol. The number of benzene rings is 2. The van der Waals surface area contributed by atoms with Crippen LogP contribution in [0.15, 0.2) is 59.3 Å². The summed E-state index contributed by atoms with van der Waals surface area (Å²) in [6.07, 6.45) is 2.94. The largest absolute Gasteiger partial charge is 0.598 e. The number of esters is 1. The quantitative estimate of drug-likeness (QED) is 0.189. The smallest absolute Gasteiger partial charge is 0.310 e. The third kappa shape index (κ3) is 6.95. The van der Waals surface area contributed by atoms with Gasteiger partial charge in [0.15, 0.2) is 5.82 Å². The van der Waals surface area contributed by atoms with Crippen LogP contribution in [0, 0.1) is 11.6 Å². The summed E-state index contributed by atoms with van der Waals surface area (Å²) in [6, 6.07) is 10.8. The molecule has 206 valence electrons. The Bertz CT molecular complexity index is 1470. The minimum atomic E-state index is -1.39. The van der Waals surface area contributed by atoms with E-state index in [4.69, 9.17) is 13.9 Å². The summed E-state index contributed by atoms with van der Waals surface area (Å²) >= 11 is -1.39. The summed E-state index contributed by atoms with van der Waals surface area (Å²) in [4.78, 5) is 16.1. The van der Waals surface area contributed by atoms with Crippen LogP contribution in [0.4, 0.5) is 8.78 Å². The maximum atomic E-state index is 15.6. The highest BCUT2D eigenvalue weighted by Crippen LogP contribution is 2.34. The molecule has 0 saturated carbocycles. The molecule has 0 aliphatic rings. The van der Waals surface area contributed by atoms with Gasteiger partial charge < -0.3 is 18.4 Å². The van der Waals surface area contributed by atoms with Gasteiger partial charge in [-0.2, -0.15) is 0 Å². The maximum absolute atomic E-state index is 15.6. The van der Waals surface area contributed by atoms with Crippen molar-refractivity contribution in [1.29, 1.82) is 0 Å². The lowest BCUT2D eigenvalue weighted by molar-refractivity contribution is -0.142. The molecule has 4 aromatic rings. The van der Waals surface area contributed by atoms with E-state index in [1.54, 1.807) is 25.1 Å². The van der Waals surface area contributed by atoms with E-state index in [2.05, 4.69) is 9.71 Å². The molecule has 0 unspecified atom stereocenters. The fourth-order valence-electron chi connectivity index (χ4n) is 3.93. The van der Waals surface area contributed by atoms with Crippen LogP contribution in [0.2, 0.25) is 0 Å². The first-order valence-electron chi connectivity index (χ1n) is 12.4. The average molecular weight is 557 g/mol. The van der Waals surface area contributed by atoms with Gasteiger partial charge in [0, 0.05) is 45.7 Å². The van der Waals surface area contributed by atoms with Crippen molar-refractivity contribution in [1.82, 2.24) is 9.71 Å². The van der Waals surface area contributed by atoms with Crippen molar-refractivity contribution in [2.45, 2.75) is 52.0 Å². The van der Waals surface area contributed by atoms with Crippen molar-refractivity contribution < 1.29 is 32.0 Å². The topological polar surface area (TPSA) is 96.7 Å². The molecule has 2 aromatic carbocycles. The summed E-state index contributed by atoms with van der Waals surface area (Å²) in [5, 5.41) is 0.724. The molecule has 2 aromatic heterocycles. The van der Waals surface area contributed by atoms with Crippen LogP contribution in [0.1, 0.15) is 44.5 Å². The number of nitrogens with zero attached hydrogens (tertiary/aromatic N) is 1. The Labute approximate surface area is 228 Å². The molecular formula is C29H30F2N2O5S. The molecule has 0 amide bonds. The Balaban J connectivity index is 1.62. The van der Waals surface area contributed by atoms with Crippen LogP contribution in [0.3, 0.4) is 0 Å². The highest BCUT2D eigenvalue weighted by Gasteiger charge is 2.27. The van der Waals surface area contributed by atoms with E-state index in [1.165, 1.54) is 30.7 Å². The molecule has 39 heavy (non-hydrogen) atoms. The number of aromatic nitrogens is 1. The minimum Gasteiger partial charge on any atom is -0.598 e. The first-order chi connectivity index (χ1) is 18.6. The average Bonchev–Trinajstić information content (AvgIpc) is 3.36. The lowest BCUT2D eigenvalue weighted by Crippen LogP contribution is -2.39. The molecule has 0 saturated heterocycles. The van der Waals surface area contributed by atoms with E-state index in [0.29, 0.717) is 22.3 Å². The van der Waals surface area contributed by atoms with E-state index >= 15 is 4.39 Å². The molecule has 7 nitrogen and oxygen atoms in total. The SMILES string of the molecule is CCOC(=O)Cc1ccc(F)cc1OCc1cc(-c2ccnc(CN[S@@+]([O-])C(C)(C)C)c2F)c2occc2c1. The summed E-state index contributed by atoms with van der Waals surface area (Å²) in [5.41, 5.74) is 2.52. The number of ether oxygens (including phenoxy) is 2. The molecule has 0 aliphatic heterocycles. The van der Waals surface area contributed by atoms with Gasteiger partial charge in [0.25, 0.3) is 0 Å². The van der Waals surface area contributed by atoms with Gasteiger partial charge in [0.1, 0.15) is 28.5 Å². The number of hydrogen-bond donors (Lipinski definition) is 1. The molecule has 0 aliphatic carbocycles. The molecule has 0 fully saturated rings. The standard InChI is InChI=1S/C29H30F2N2O5S/c1-5-36-26(34)14-19-6-7-21(30)15-25(19)38-17-18-12-20-9-11-37-28(20)23(13-18)22-8-10-32-24(27(22)31)16-33-39(35)29(2,3)4/h6-13,15,33H,5,14,16-17H2,1-4H3/t39-/m0/s1. The second-order valence-corrected chi connectivity index (χ2v) is 11.9. The summed E-state index contributed by atoms with van der Waals surface area (Å²) in [5.74, 6) is -1.29. The van der Waals surface area contributed by atoms with Gasteiger partial charge in [-0.1, -0.05) is 6.07 Å². The third-order valence-electron chi connectivity index (χ3n) is 5.85. The number of fused-ring (bicyclic) bond motifs is 1. The normalized spacial score (nSPS) is 12.5. The van der Waals surface area contributed by atoms with E-state index < -0.39 is 33.7 Å². The first kappa shape index (κ1) is 28.5. The molecule has 1 atom stereocenters. The zero-order valence-corrected chi connectivity index (χ0v) is 23.0. The van der Waals surface area contributed by atoms with Gasteiger partial charge in [-0.25, -0.2) is 8.78 Å². The van der Waals surface area contributed by atoms with Crippen LogP contribution in [0.25, 0.3) is 22.1 Å². The number of furan rings is 1. The fraction of sp³-hybridized carbons (Fsp3) is 0.310. The highest BCUT2D eigenvalue weighted by molar-refractivity contribution is 7.90. The highest BCUT2D eigenvalue weighted by atomic mass is 32.2. The number of carbonyl (C=O) groups excluding carboxylic acids is 1. The fourth-order valence-corrected chi connectivity index (χ4v) is 4.63. The molecular weight excluding hydrogens is 526 g/mol. The Morgan fingerprint density at radius 3 is 2.67 bits per heavy atom. The van der Waals surface area contributed by atoms with Gasteiger partial charge in [-0.05, 0) is 63.6 Å². The Kier molecular flexibility index (Phi) is 8.89. The van der Waals surface area contributed by atoms with E-state index in [0.717, 1.165) is 5.39 Å². The Hall–Kier alpha value is -3.47. The molecule has 4 rings (SSSR count). The van der Waals surface area contributed by atoms with Crippen molar-refractivity contribution in [3.63, 3.8) is 0 Å². The number of pyridine rings is 1. The molecule has 0 bridgehead atoms. The molecule has 0 spiro atoms. The van der Waals surface area contributed by atoms with Crippen LogP contribution in [0.5, 0.6) is 5.75 Å². The van der Waals surface area contributed by atoms with Crippen molar-refractivity contribution in [3.05, 3.63) is 83.4 Å².